The van der Waals surface area contributed by atoms with Gasteiger partial charge in [0.15, 0.2) is 0 Å². The molecule has 2 aliphatic rings. The van der Waals surface area contributed by atoms with Gasteiger partial charge in [-0.1, -0.05) is 18.2 Å². The number of para-hydroxylation sites is 1. The van der Waals surface area contributed by atoms with Gasteiger partial charge in [0, 0.05) is 20.2 Å². The summed E-state index contributed by atoms with van der Waals surface area (Å²) in [5.74, 6) is 3.02. The van der Waals surface area contributed by atoms with Gasteiger partial charge in [-0.2, -0.15) is 0 Å². The van der Waals surface area contributed by atoms with Crippen LogP contribution < -0.4 is 10.1 Å². The average molecular weight is 289 g/mol. The Labute approximate surface area is 128 Å². The zero-order valence-electron chi connectivity index (χ0n) is 13.2. The highest BCUT2D eigenvalue weighted by Crippen LogP contribution is 2.60. The Morgan fingerprint density at radius 2 is 1.95 bits per heavy atom. The molecule has 2 fully saturated rings. The molecule has 0 amide bonds. The molecular formula is C18H27NO2. The zero-order chi connectivity index (χ0) is 14.7. The fraction of sp³-hybridized carbons (Fsp3) is 0.667. The molecule has 1 N–H and O–H groups in total. The van der Waals surface area contributed by atoms with Crippen molar-refractivity contribution in [3.63, 3.8) is 0 Å². The van der Waals surface area contributed by atoms with Gasteiger partial charge < -0.3 is 14.8 Å². The Hall–Kier alpha value is -1.06. The molecule has 2 aliphatic carbocycles. The predicted molar refractivity (Wildman–Crippen MR) is 84.7 cm³/mol. The Kier molecular flexibility index (Phi) is 4.51. The topological polar surface area (TPSA) is 30.5 Å². The lowest BCUT2D eigenvalue weighted by atomic mass is 9.77. The first-order chi connectivity index (χ1) is 10.3. The molecule has 2 atom stereocenters. The van der Waals surface area contributed by atoms with Crippen molar-refractivity contribution < 1.29 is 9.47 Å². The summed E-state index contributed by atoms with van der Waals surface area (Å²) in [6.45, 7) is 2.83. The number of fused-ring (bicyclic) bond motifs is 1. The van der Waals surface area contributed by atoms with Crippen LogP contribution >= 0.6 is 0 Å². The molecule has 0 saturated heterocycles. The minimum Gasteiger partial charge on any atom is -0.496 e. The first-order valence-corrected chi connectivity index (χ1v) is 8.08. The molecule has 0 aliphatic heterocycles. The first kappa shape index (κ1) is 14.9. The lowest BCUT2D eigenvalue weighted by Crippen LogP contribution is -2.36. The first-order valence-electron chi connectivity index (χ1n) is 8.08. The summed E-state index contributed by atoms with van der Waals surface area (Å²) in [5, 5.41) is 3.60. The predicted octanol–water partition coefficient (Wildman–Crippen LogP) is 2.89. The summed E-state index contributed by atoms with van der Waals surface area (Å²) < 4.78 is 10.7. The van der Waals surface area contributed by atoms with Gasteiger partial charge in [-0.3, -0.25) is 0 Å². The molecule has 0 aromatic heterocycles. The van der Waals surface area contributed by atoms with Crippen LogP contribution in [0.15, 0.2) is 24.3 Å². The number of methoxy groups -OCH3 is 2. The zero-order valence-corrected chi connectivity index (χ0v) is 13.2. The molecule has 1 aromatic carbocycles. The third-order valence-electron chi connectivity index (χ3n) is 5.20. The van der Waals surface area contributed by atoms with Crippen molar-refractivity contribution in [1.29, 1.82) is 0 Å². The lowest BCUT2D eigenvalue weighted by Gasteiger charge is -2.32. The van der Waals surface area contributed by atoms with Crippen LogP contribution in [0.2, 0.25) is 0 Å². The largest absolute Gasteiger partial charge is 0.496 e. The Balaban J connectivity index is 1.67. The molecule has 0 radical (unpaired) electrons. The monoisotopic (exact) mass is 289 g/mol. The van der Waals surface area contributed by atoms with E-state index < -0.39 is 0 Å². The molecule has 3 heteroatoms. The standard InChI is InChI=1S/C18H27NO2/c1-20-8-7-19-13-18(11-15-9-16(15)12-18)10-14-5-3-4-6-17(14)21-2/h3-6,15-16,19H,7-13H2,1-2H3. The summed E-state index contributed by atoms with van der Waals surface area (Å²) in [4.78, 5) is 0. The number of hydrogen-bond donors (Lipinski definition) is 1. The number of hydrogen-bond acceptors (Lipinski definition) is 3. The maximum absolute atomic E-state index is 5.54. The quantitative estimate of drug-likeness (QED) is 0.747. The van der Waals surface area contributed by atoms with Crippen LogP contribution in [0.1, 0.15) is 24.8 Å². The van der Waals surface area contributed by atoms with Crippen molar-refractivity contribution in [3.05, 3.63) is 29.8 Å². The van der Waals surface area contributed by atoms with Gasteiger partial charge in [0.25, 0.3) is 0 Å². The molecule has 0 heterocycles. The molecule has 0 bridgehead atoms. The molecule has 2 unspecified atom stereocenters. The molecule has 1 aromatic rings. The van der Waals surface area contributed by atoms with Crippen LogP contribution in [-0.2, 0) is 11.2 Å². The van der Waals surface area contributed by atoms with Crippen molar-refractivity contribution in [1.82, 2.24) is 5.32 Å². The Morgan fingerprint density at radius 1 is 1.19 bits per heavy atom. The van der Waals surface area contributed by atoms with Gasteiger partial charge in [-0.05, 0) is 54.6 Å². The fourth-order valence-corrected chi connectivity index (χ4v) is 4.14. The summed E-state index contributed by atoms with van der Waals surface area (Å²) in [6.07, 6.45) is 5.33. The maximum atomic E-state index is 5.54. The normalized spacial score (nSPS) is 30.2. The third kappa shape index (κ3) is 3.41. The highest BCUT2D eigenvalue weighted by Gasteiger charge is 2.53. The van der Waals surface area contributed by atoms with Crippen LogP contribution in [0.4, 0.5) is 0 Å². The highest BCUT2D eigenvalue weighted by atomic mass is 16.5. The Bertz CT molecular complexity index is 464. The number of benzene rings is 1. The molecule has 3 rings (SSSR count). The van der Waals surface area contributed by atoms with Gasteiger partial charge in [0.2, 0.25) is 0 Å². The maximum Gasteiger partial charge on any atom is 0.122 e. The second-order valence-electron chi connectivity index (χ2n) is 6.82. The van der Waals surface area contributed by atoms with Crippen LogP contribution in [-0.4, -0.2) is 33.9 Å². The third-order valence-corrected chi connectivity index (χ3v) is 5.20. The van der Waals surface area contributed by atoms with E-state index in [0.29, 0.717) is 5.41 Å². The second kappa shape index (κ2) is 6.37. The molecule has 3 nitrogen and oxygen atoms in total. The molecule has 116 valence electrons. The van der Waals surface area contributed by atoms with E-state index in [0.717, 1.165) is 43.7 Å². The SMILES string of the molecule is COCCNCC1(Cc2ccccc2OC)CC2CC2C1. The smallest absolute Gasteiger partial charge is 0.122 e. The van der Waals surface area contributed by atoms with Crippen molar-refractivity contribution in [3.8, 4) is 5.75 Å². The van der Waals surface area contributed by atoms with Crippen LogP contribution in [0.5, 0.6) is 5.75 Å². The highest BCUT2D eigenvalue weighted by molar-refractivity contribution is 5.34. The van der Waals surface area contributed by atoms with E-state index in [9.17, 15) is 0 Å². The van der Waals surface area contributed by atoms with Crippen molar-refractivity contribution >= 4 is 0 Å². The summed E-state index contributed by atoms with van der Waals surface area (Å²) >= 11 is 0. The van der Waals surface area contributed by atoms with Gasteiger partial charge in [0.05, 0.1) is 13.7 Å². The van der Waals surface area contributed by atoms with E-state index in [-0.39, 0.29) is 0 Å². The fourth-order valence-electron chi connectivity index (χ4n) is 4.14. The van der Waals surface area contributed by atoms with Gasteiger partial charge in [-0.15, -0.1) is 0 Å². The minimum absolute atomic E-state index is 0.413. The van der Waals surface area contributed by atoms with Crippen molar-refractivity contribution in [2.75, 3.05) is 33.9 Å². The van der Waals surface area contributed by atoms with Gasteiger partial charge in [0.1, 0.15) is 5.75 Å². The minimum atomic E-state index is 0.413. The van der Waals surface area contributed by atoms with E-state index >= 15 is 0 Å². The summed E-state index contributed by atoms with van der Waals surface area (Å²) in [6, 6.07) is 8.48. The van der Waals surface area contributed by atoms with Crippen LogP contribution in [0, 0.1) is 17.3 Å². The lowest BCUT2D eigenvalue weighted by molar-refractivity contribution is 0.186. The van der Waals surface area contributed by atoms with E-state index in [2.05, 4.69) is 29.6 Å². The summed E-state index contributed by atoms with van der Waals surface area (Å²) in [7, 11) is 3.53. The number of ether oxygens (including phenoxy) is 2. The van der Waals surface area contributed by atoms with Gasteiger partial charge in [-0.25, -0.2) is 0 Å². The van der Waals surface area contributed by atoms with E-state index in [4.69, 9.17) is 9.47 Å². The number of nitrogens with one attached hydrogen (secondary N) is 1. The van der Waals surface area contributed by atoms with Gasteiger partial charge >= 0.3 is 0 Å². The molecular weight excluding hydrogens is 262 g/mol. The second-order valence-corrected chi connectivity index (χ2v) is 6.82. The Morgan fingerprint density at radius 3 is 2.67 bits per heavy atom. The van der Waals surface area contributed by atoms with Crippen LogP contribution in [0.25, 0.3) is 0 Å². The molecule has 2 saturated carbocycles. The van der Waals surface area contributed by atoms with E-state index in [1.54, 1.807) is 14.2 Å². The van der Waals surface area contributed by atoms with Crippen molar-refractivity contribution in [2.45, 2.75) is 25.7 Å². The van der Waals surface area contributed by atoms with E-state index in [1.165, 1.54) is 24.8 Å². The molecule has 0 spiro atoms. The summed E-state index contributed by atoms with van der Waals surface area (Å²) in [5.41, 5.74) is 1.77. The number of rotatable bonds is 8. The van der Waals surface area contributed by atoms with Crippen molar-refractivity contribution in [2.24, 2.45) is 17.3 Å². The van der Waals surface area contributed by atoms with E-state index in [1.807, 2.05) is 0 Å². The van der Waals surface area contributed by atoms with Crippen LogP contribution in [0.3, 0.4) is 0 Å². The average Bonchev–Trinajstić information content (AvgIpc) is 3.12. The molecule has 21 heavy (non-hydrogen) atoms.